The van der Waals surface area contributed by atoms with Crippen LogP contribution in [0.4, 0.5) is 0 Å². The summed E-state index contributed by atoms with van der Waals surface area (Å²) in [6.07, 6.45) is 1.04. The molecule has 0 unspecified atom stereocenters. The van der Waals surface area contributed by atoms with Gasteiger partial charge in [0.15, 0.2) is 0 Å². The third-order valence-electron chi connectivity index (χ3n) is 2.51. The van der Waals surface area contributed by atoms with Gasteiger partial charge in [0, 0.05) is 6.54 Å². The number of methoxy groups -OCH3 is 1. The summed E-state index contributed by atoms with van der Waals surface area (Å²) >= 11 is 0. The number of hydrogen-bond donors (Lipinski definition) is 1. The molecule has 0 fully saturated rings. The molecule has 1 aromatic rings. The second-order valence-electron chi connectivity index (χ2n) is 3.40. The van der Waals surface area contributed by atoms with Gasteiger partial charge in [-0.2, -0.15) is 0 Å². The van der Waals surface area contributed by atoms with E-state index < -0.39 is 0 Å². The highest BCUT2D eigenvalue weighted by atomic mass is 16.5. The maximum absolute atomic E-state index is 11.3. The lowest BCUT2D eigenvalue weighted by Gasteiger charge is -2.17. The number of ether oxygens (including phenoxy) is 1. The van der Waals surface area contributed by atoms with E-state index >= 15 is 0 Å². The van der Waals surface area contributed by atoms with Crippen LogP contribution in [-0.2, 0) is 17.7 Å². The van der Waals surface area contributed by atoms with Crippen molar-refractivity contribution in [3.8, 4) is 0 Å². The van der Waals surface area contributed by atoms with Crippen LogP contribution in [-0.4, -0.2) is 19.6 Å². The van der Waals surface area contributed by atoms with Gasteiger partial charge in [-0.25, -0.2) is 4.79 Å². The topological polar surface area (TPSA) is 38.3 Å². The van der Waals surface area contributed by atoms with Gasteiger partial charge in [0.05, 0.1) is 12.7 Å². The van der Waals surface area contributed by atoms with E-state index in [2.05, 4.69) is 10.1 Å². The van der Waals surface area contributed by atoms with Crippen molar-refractivity contribution >= 4 is 5.97 Å². The van der Waals surface area contributed by atoms with E-state index in [9.17, 15) is 4.79 Å². The third kappa shape index (κ3) is 2.83. The maximum Gasteiger partial charge on any atom is 0.337 e. The molecule has 0 saturated carbocycles. The second-order valence-corrected chi connectivity index (χ2v) is 3.40. The van der Waals surface area contributed by atoms with Crippen molar-refractivity contribution in [1.82, 2.24) is 5.32 Å². The quantitative estimate of drug-likeness (QED) is 0.738. The molecule has 1 aliphatic rings. The summed E-state index contributed by atoms with van der Waals surface area (Å²) in [5.41, 5.74) is 3.17. The summed E-state index contributed by atoms with van der Waals surface area (Å²) in [4.78, 5) is 11.3. The van der Waals surface area contributed by atoms with Gasteiger partial charge < -0.3 is 10.1 Å². The lowest BCUT2D eigenvalue weighted by molar-refractivity contribution is 0.0600. The van der Waals surface area contributed by atoms with Crippen molar-refractivity contribution in [2.24, 2.45) is 0 Å². The van der Waals surface area contributed by atoms with Crippen molar-refractivity contribution in [3.63, 3.8) is 0 Å². The van der Waals surface area contributed by atoms with Crippen LogP contribution in [0.5, 0.6) is 0 Å². The Kier molecular flexibility index (Phi) is 4.99. The summed E-state index contributed by atoms with van der Waals surface area (Å²) in [5.74, 6) is -0.265. The van der Waals surface area contributed by atoms with E-state index in [1.54, 1.807) is 0 Å². The molecule has 0 amide bonds. The van der Waals surface area contributed by atoms with Crippen molar-refractivity contribution in [3.05, 3.63) is 34.9 Å². The van der Waals surface area contributed by atoms with Crippen molar-refractivity contribution < 1.29 is 9.53 Å². The van der Waals surface area contributed by atoms with Crippen molar-refractivity contribution in [2.45, 2.75) is 26.8 Å². The monoisotopic (exact) mass is 221 g/mol. The minimum atomic E-state index is -0.265. The SMILES string of the molecule is CC.COC(=O)c1ccc2c(c1)CNCC2. The third-order valence-corrected chi connectivity index (χ3v) is 2.51. The van der Waals surface area contributed by atoms with Gasteiger partial charge in [-0.05, 0) is 36.2 Å². The van der Waals surface area contributed by atoms with Gasteiger partial charge in [0.1, 0.15) is 0 Å². The maximum atomic E-state index is 11.3. The Morgan fingerprint density at radius 2 is 2.06 bits per heavy atom. The number of carbonyl (C=O) groups is 1. The number of nitrogens with one attached hydrogen (secondary N) is 1. The lowest BCUT2D eigenvalue weighted by atomic mass is 9.99. The fourth-order valence-electron chi connectivity index (χ4n) is 1.73. The summed E-state index contributed by atoms with van der Waals surface area (Å²) in [5, 5.41) is 3.27. The molecule has 0 saturated heterocycles. The highest BCUT2D eigenvalue weighted by molar-refractivity contribution is 5.89. The van der Waals surface area contributed by atoms with Crippen molar-refractivity contribution in [2.75, 3.05) is 13.7 Å². The molecule has 88 valence electrons. The molecule has 2 rings (SSSR count). The van der Waals surface area contributed by atoms with E-state index in [-0.39, 0.29) is 5.97 Å². The minimum Gasteiger partial charge on any atom is -0.465 e. The summed E-state index contributed by atoms with van der Waals surface area (Å²) in [6.45, 7) is 5.87. The number of hydrogen-bond acceptors (Lipinski definition) is 3. The standard InChI is InChI=1S/C11H13NO2.C2H6/c1-14-11(13)9-3-2-8-4-5-12-7-10(8)6-9;1-2/h2-3,6,12H,4-5,7H2,1H3;1-2H3. The van der Waals surface area contributed by atoms with Gasteiger partial charge >= 0.3 is 5.97 Å². The molecular formula is C13H19NO2. The molecule has 0 aliphatic carbocycles. The summed E-state index contributed by atoms with van der Waals surface area (Å²) in [7, 11) is 1.40. The van der Waals surface area contributed by atoms with Crippen LogP contribution in [0.25, 0.3) is 0 Å². The van der Waals surface area contributed by atoms with E-state index in [1.807, 2.05) is 32.0 Å². The van der Waals surface area contributed by atoms with Crippen LogP contribution in [0.15, 0.2) is 18.2 Å². The molecule has 0 radical (unpaired) electrons. The lowest BCUT2D eigenvalue weighted by Crippen LogP contribution is -2.23. The second kappa shape index (κ2) is 6.28. The van der Waals surface area contributed by atoms with Crippen molar-refractivity contribution in [1.29, 1.82) is 0 Å². The van der Waals surface area contributed by atoms with Crippen LogP contribution in [0.3, 0.4) is 0 Å². The average molecular weight is 221 g/mol. The Labute approximate surface area is 96.8 Å². The molecule has 0 atom stereocenters. The van der Waals surface area contributed by atoms with Crippen LogP contribution in [0, 0.1) is 0 Å². The Hall–Kier alpha value is -1.35. The first-order valence-corrected chi connectivity index (χ1v) is 5.72. The van der Waals surface area contributed by atoms with Crippen LogP contribution < -0.4 is 5.32 Å². The van der Waals surface area contributed by atoms with Gasteiger partial charge in [0.2, 0.25) is 0 Å². The Bertz CT molecular complexity index is 361. The molecular weight excluding hydrogens is 202 g/mol. The fraction of sp³-hybridized carbons (Fsp3) is 0.462. The normalized spacial score (nSPS) is 13.2. The minimum absolute atomic E-state index is 0.265. The number of benzene rings is 1. The molecule has 16 heavy (non-hydrogen) atoms. The van der Waals surface area contributed by atoms with Gasteiger partial charge in [-0.1, -0.05) is 19.9 Å². The summed E-state index contributed by atoms with van der Waals surface area (Å²) in [6, 6.07) is 5.76. The number of rotatable bonds is 1. The average Bonchev–Trinajstić information content (AvgIpc) is 2.39. The zero-order valence-electron chi connectivity index (χ0n) is 10.2. The smallest absolute Gasteiger partial charge is 0.337 e. The van der Waals surface area contributed by atoms with Gasteiger partial charge in [0.25, 0.3) is 0 Å². The Morgan fingerprint density at radius 1 is 1.31 bits per heavy atom. The first-order chi connectivity index (χ1) is 7.81. The number of fused-ring (bicyclic) bond motifs is 1. The van der Waals surface area contributed by atoms with E-state index in [1.165, 1.54) is 18.2 Å². The Balaban J connectivity index is 0.000000606. The number of esters is 1. The molecule has 0 bridgehead atoms. The fourth-order valence-corrected chi connectivity index (χ4v) is 1.73. The van der Waals surface area contributed by atoms with E-state index in [0.29, 0.717) is 5.56 Å². The first kappa shape index (κ1) is 12.7. The number of carbonyl (C=O) groups excluding carboxylic acids is 1. The molecule has 0 aromatic heterocycles. The molecule has 1 aromatic carbocycles. The van der Waals surface area contributed by atoms with Gasteiger partial charge in [-0.15, -0.1) is 0 Å². The Morgan fingerprint density at radius 3 is 2.75 bits per heavy atom. The molecule has 3 heteroatoms. The molecule has 1 heterocycles. The predicted molar refractivity (Wildman–Crippen MR) is 64.5 cm³/mol. The molecule has 3 nitrogen and oxygen atoms in total. The zero-order valence-corrected chi connectivity index (χ0v) is 10.2. The van der Waals surface area contributed by atoms with Crippen LogP contribution >= 0.6 is 0 Å². The van der Waals surface area contributed by atoms with Crippen LogP contribution in [0.2, 0.25) is 0 Å². The highest BCUT2D eigenvalue weighted by Gasteiger charge is 2.12. The van der Waals surface area contributed by atoms with Crippen LogP contribution in [0.1, 0.15) is 35.3 Å². The zero-order chi connectivity index (χ0) is 12.0. The summed E-state index contributed by atoms with van der Waals surface area (Å²) < 4.78 is 4.67. The first-order valence-electron chi connectivity index (χ1n) is 5.72. The van der Waals surface area contributed by atoms with E-state index in [0.717, 1.165) is 19.5 Å². The molecule has 0 spiro atoms. The highest BCUT2D eigenvalue weighted by Crippen LogP contribution is 2.16. The van der Waals surface area contributed by atoms with Gasteiger partial charge in [-0.3, -0.25) is 0 Å². The van der Waals surface area contributed by atoms with E-state index in [4.69, 9.17) is 0 Å². The molecule has 1 N–H and O–H groups in total. The predicted octanol–water partition coefficient (Wildman–Crippen LogP) is 2.15. The molecule has 1 aliphatic heterocycles. The largest absolute Gasteiger partial charge is 0.465 e.